The minimum Gasteiger partial charge on any atom is -0.387 e. The standard InChI is InChI=1S/C15H20N4/c1-3-19(10-11(2)14(16)17)15-13-7-5-4-6-12(13)8-9-18-15/h4-9,11H,3,10H2,1-2H3,(H3,16,17). The Morgan fingerprint density at radius 1 is 1.37 bits per heavy atom. The molecule has 4 heteroatoms. The first-order chi connectivity index (χ1) is 9.13. The Morgan fingerprint density at radius 2 is 2.11 bits per heavy atom. The molecule has 0 aliphatic carbocycles. The van der Waals surface area contributed by atoms with Gasteiger partial charge in [0.15, 0.2) is 0 Å². The lowest BCUT2D eigenvalue weighted by molar-refractivity contribution is 0.692. The van der Waals surface area contributed by atoms with Gasteiger partial charge in [-0.2, -0.15) is 0 Å². The SMILES string of the molecule is CCN(CC(C)C(=N)N)c1nccc2ccccc12. The van der Waals surface area contributed by atoms with Crippen molar-refractivity contribution in [3.8, 4) is 0 Å². The number of rotatable bonds is 5. The van der Waals surface area contributed by atoms with Crippen LogP contribution in [0.15, 0.2) is 36.5 Å². The molecule has 1 aromatic heterocycles. The number of amidine groups is 1. The molecule has 3 N–H and O–H groups in total. The zero-order valence-electron chi connectivity index (χ0n) is 11.4. The van der Waals surface area contributed by atoms with Crippen LogP contribution in [0.2, 0.25) is 0 Å². The van der Waals surface area contributed by atoms with Crippen LogP contribution in [0.1, 0.15) is 13.8 Å². The highest BCUT2D eigenvalue weighted by Crippen LogP contribution is 2.24. The number of anilines is 1. The summed E-state index contributed by atoms with van der Waals surface area (Å²) in [5, 5.41) is 9.85. The maximum atomic E-state index is 7.52. The molecule has 1 unspecified atom stereocenters. The van der Waals surface area contributed by atoms with Crippen molar-refractivity contribution >= 4 is 22.4 Å². The molecule has 0 bridgehead atoms. The van der Waals surface area contributed by atoms with E-state index < -0.39 is 0 Å². The first-order valence-electron chi connectivity index (χ1n) is 6.56. The maximum Gasteiger partial charge on any atom is 0.136 e. The van der Waals surface area contributed by atoms with Crippen LogP contribution in [-0.2, 0) is 0 Å². The number of nitrogens with two attached hydrogens (primary N) is 1. The quantitative estimate of drug-likeness (QED) is 0.638. The van der Waals surface area contributed by atoms with E-state index in [1.165, 1.54) is 5.39 Å². The van der Waals surface area contributed by atoms with Crippen molar-refractivity contribution < 1.29 is 0 Å². The van der Waals surface area contributed by atoms with Gasteiger partial charge in [0.25, 0.3) is 0 Å². The Labute approximate surface area is 113 Å². The summed E-state index contributed by atoms with van der Waals surface area (Å²) in [7, 11) is 0. The summed E-state index contributed by atoms with van der Waals surface area (Å²) in [5.41, 5.74) is 5.57. The Hall–Kier alpha value is -2.10. The zero-order valence-corrected chi connectivity index (χ0v) is 11.4. The highest BCUT2D eigenvalue weighted by molar-refractivity contribution is 5.92. The van der Waals surface area contributed by atoms with Gasteiger partial charge in [-0.25, -0.2) is 4.98 Å². The third-order valence-corrected chi connectivity index (χ3v) is 3.36. The third kappa shape index (κ3) is 2.84. The molecule has 2 aromatic rings. The van der Waals surface area contributed by atoms with Crippen molar-refractivity contribution in [2.45, 2.75) is 13.8 Å². The van der Waals surface area contributed by atoms with Gasteiger partial charge >= 0.3 is 0 Å². The molecule has 1 heterocycles. The summed E-state index contributed by atoms with van der Waals surface area (Å²) in [5.74, 6) is 1.22. The smallest absolute Gasteiger partial charge is 0.136 e. The van der Waals surface area contributed by atoms with Gasteiger partial charge in [0, 0.05) is 30.6 Å². The van der Waals surface area contributed by atoms with Crippen LogP contribution in [0.5, 0.6) is 0 Å². The molecule has 0 aliphatic rings. The van der Waals surface area contributed by atoms with Crippen molar-refractivity contribution in [1.29, 1.82) is 5.41 Å². The minimum atomic E-state index is 0.0284. The van der Waals surface area contributed by atoms with Crippen LogP contribution in [0.3, 0.4) is 0 Å². The normalized spacial score (nSPS) is 12.3. The Morgan fingerprint density at radius 3 is 2.79 bits per heavy atom. The molecule has 0 aliphatic heterocycles. The molecule has 19 heavy (non-hydrogen) atoms. The molecule has 0 radical (unpaired) electrons. The first kappa shape index (κ1) is 13.3. The van der Waals surface area contributed by atoms with Crippen molar-refractivity contribution in [3.05, 3.63) is 36.5 Å². The monoisotopic (exact) mass is 256 g/mol. The lowest BCUT2D eigenvalue weighted by Gasteiger charge is -2.26. The van der Waals surface area contributed by atoms with E-state index >= 15 is 0 Å². The maximum absolute atomic E-state index is 7.52. The molecule has 0 spiro atoms. The summed E-state index contributed by atoms with van der Waals surface area (Å²) < 4.78 is 0. The topological polar surface area (TPSA) is 66.0 Å². The minimum absolute atomic E-state index is 0.0284. The van der Waals surface area contributed by atoms with E-state index in [-0.39, 0.29) is 11.8 Å². The fourth-order valence-corrected chi connectivity index (χ4v) is 2.15. The molecule has 100 valence electrons. The average molecular weight is 256 g/mol. The Kier molecular flexibility index (Phi) is 4.00. The van der Waals surface area contributed by atoms with E-state index in [4.69, 9.17) is 11.1 Å². The van der Waals surface area contributed by atoms with E-state index in [1.54, 1.807) is 0 Å². The number of hydrogen-bond donors (Lipinski definition) is 2. The predicted octanol–water partition coefficient (Wildman–Crippen LogP) is 2.63. The summed E-state index contributed by atoms with van der Waals surface area (Å²) in [6.07, 6.45) is 1.83. The van der Waals surface area contributed by atoms with Crippen molar-refractivity contribution in [2.24, 2.45) is 11.7 Å². The molecule has 1 aromatic carbocycles. The molecule has 0 fully saturated rings. The second kappa shape index (κ2) is 5.69. The van der Waals surface area contributed by atoms with Crippen LogP contribution in [0.4, 0.5) is 5.82 Å². The van der Waals surface area contributed by atoms with Gasteiger partial charge in [-0.1, -0.05) is 31.2 Å². The van der Waals surface area contributed by atoms with E-state index in [1.807, 2.05) is 31.3 Å². The highest BCUT2D eigenvalue weighted by atomic mass is 15.2. The van der Waals surface area contributed by atoms with Crippen LogP contribution in [0.25, 0.3) is 10.8 Å². The van der Waals surface area contributed by atoms with Crippen LogP contribution in [0, 0.1) is 11.3 Å². The number of pyridine rings is 1. The van der Waals surface area contributed by atoms with E-state index in [2.05, 4.69) is 28.9 Å². The molecule has 0 saturated carbocycles. The van der Waals surface area contributed by atoms with Gasteiger partial charge in [-0.3, -0.25) is 5.41 Å². The molecule has 0 saturated heterocycles. The molecular formula is C15H20N4. The van der Waals surface area contributed by atoms with E-state index in [0.29, 0.717) is 6.54 Å². The lowest BCUT2D eigenvalue weighted by atomic mass is 10.1. The van der Waals surface area contributed by atoms with Gasteiger partial charge in [0.1, 0.15) is 5.82 Å². The number of benzene rings is 1. The lowest BCUT2D eigenvalue weighted by Crippen LogP contribution is -2.35. The van der Waals surface area contributed by atoms with Crippen LogP contribution in [-0.4, -0.2) is 23.9 Å². The summed E-state index contributed by atoms with van der Waals surface area (Å²) in [6.45, 7) is 5.62. The Balaban J connectivity index is 2.38. The van der Waals surface area contributed by atoms with Crippen molar-refractivity contribution in [1.82, 2.24) is 4.98 Å². The van der Waals surface area contributed by atoms with E-state index in [0.717, 1.165) is 17.7 Å². The fourth-order valence-electron chi connectivity index (χ4n) is 2.15. The predicted molar refractivity (Wildman–Crippen MR) is 80.7 cm³/mol. The van der Waals surface area contributed by atoms with Crippen molar-refractivity contribution in [3.63, 3.8) is 0 Å². The molecular weight excluding hydrogens is 236 g/mol. The van der Waals surface area contributed by atoms with E-state index in [9.17, 15) is 0 Å². The first-order valence-corrected chi connectivity index (χ1v) is 6.56. The second-order valence-electron chi connectivity index (χ2n) is 4.75. The highest BCUT2D eigenvalue weighted by Gasteiger charge is 2.14. The van der Waals surface area contributed by atoms with Gasteiger partial charge in [0.05, 0.1) is 5.84 Å². The fraction of sp³-hybridized carbons (Fsp3) is 0.333. The van der Waals surface area contributed by atoms with Crippen LogP contribution < -0.4 is 10.6 Å². The second-order valence-corrected chi connectivity index (χ2v) is 4.75. The number of nitrogens with zero attached hydrogens (tertiary/aromatic N) is 2. The van der Waals surface area contributed by atoms with Crippen molar-refractivity contribution in [2.75, 3.05) is 18.0 Å². The molecule has 1 atom stereocenters. The Bertz CT molecular complexity index is 574. The zero-order chi connectivity index (χ0) is 13.8. The van der Waals surface area contributed by atoms with Gasteiger partial charge in [-0.15, -0.1) is 0 Å². The largest absolute Gasteiger partial charge is 0.387 e. The third-order valence-electron chi connectivity index (χ3n) is 3.36. The number of fused-ring (bicyclic) bond motifs is 1. The van der Waals surface area contributed by atoms with Gasteiger partial charge < -0.3 is 10.6 Å². The van der Waals surface area contributed by atoms with Crippen LogP contribution >= 0.6 is 0 Å². The average Bonchev–Trinajstić information content (AvgIpc) is 2.44. The summed E-state index contributed by atoms with van der Waals surface area (Å²) in [6, 6.07) is 10.2. The molecule has 2 rings (SSSR count). The summed E-state index contributed by atoms with van der Waals surface area (Å²) >= 11 is 0. The van der Waals surface area contributed by atoms with Gasteiger partial charge in [-0.05, 0) is 18.4 Å². The van der Waals surface area contributed by atoms with Gasteiger partial charge in [0.2, 0.25) is 0 Å². The summed E-state index contributed by atoms with van der Waals surface area (Å²) in [4.78, 5) is 6.68. The number of nitrogens with one attached hydrogen (secondary N) is 1. The molecule has 4 nitrogen and oxygen atoms in total. The number of aromatic nitrogens is 1. The molecule has 0 amide bonds. The number of hydrogen-bond acceptors (Lipinski definition) is 3.